The Morgan fingerprint density at radius 1 is 0.952 bits per heavy atom. The first-order valence-electron chi connectivity index (χ1n) is 7.53. The second-order valence-electron chi connectivity index (χ2n) is 5.36. The highest BCUT2D eigenvalue weighted by Gasteiger charge is 2.16. The summed E-state index contributed by atoms with van der Waals surface area (Å²) < 4.78 is 5.26. The lowest BCUT2D eigenvalue weighted by molar-refractivity contribution is 0.414. The third kappa shape index (κ3) is 3.27. The van der Waals surface area contributed by atoms with E-state index in [-0.39, 0.29) is 0 Å². The van der Waals surface area contributed by atoms with E-state index in [9.17, 15) is 0 Å². The number of nitrogens with zero attached hydrogens (tertiary/aromatic N) is 1. The van der Waals surface area contributed by atoms with Crippen molar-refractivity contribution in [3.63, 3.8) is 0 Å². The standard InChI is InChI=1S/C19H21NO/c1-21-18-11-9-17(10-12-18)19(20-13-5-6-14-20)15-16-7-3-2-4-8-16/h2-4,7-12,15H,5-6,13-14H2,1H3/b19-15+. The summed E-state index contributed by atoms with van der Waals surface area (Å²) in [6, 6.07) is 18.9. The van der Waals surface area contributed by atoms with E-state index in [1.165, 1.54) is 29.7 Å². The summed E-state index contributed by atoms with van der Waals surface area (Å²) in [5.74, 6) is 0.902. The minimum atomic E-state index is 0.902. The van der Waals surface area contributed by atoms with Crippen LogP contribution in [0, 0.1) is 0 Å². The van der Waals surface area contributed by atoms with Crippen LogP contribution in [-0.4, -0.2) is 25.1 Å². The Kier molecular flexibility index (Phi) is 4.25. The number of likely N-dealkylation sites (tertiary alicyclic amines) is 1. The van der Waals surface area contributed by atoms with Crippen molar-refractivity contribution in [1.82, 2.24) is 4.90 Å². The summed E-state index contributed by atoms with van der Waals surface area (Å²) in [6.45, 7) is 2.29. The first kappa shape index (κ1) is 13.7. The molecule has 2 aromatic carbocycles. The smallest absolute Gasteiger partial charge is 0.118 e. The normalized spacial score (nSPS) is 15.3. The lowest BCUT2D eigenvalue weighted by atomic mass is 10.1. The van der Waals surface area contributed by atoms with Crippen molar-refractivity contribution >= 4 is 11.8 Å². The van der Waals surface area contributed by atoms with Crippen molar-refractivity contribution in [3.05, 3.63) is 65.7 Å². The van der Waals surface area contributed by atoms with E-state index in [0.29, 0.717) is 0 Å². The van der Waals surface area contributed by atoms with Crippen LogP contribution in [0.3, 0.4) is 0 Å². The number of rotatable bonds is 4. The second kappa shape index (κ2) is 6.49. The Hall–Kier alpha value is -2.22. The summed E-state index contributed by atoms with van der Waals surface area (Å²) in [6.07, 6.45) is 4.84. The largest absolute Gasteiger partial charge is 0.497 e. The number of hydrogen-bond donors (Lipinski definition) is 0. The van der Waals surface area contributed by atoms with Crippen molar-refractivity contribution in [1.29, 1.82) is 0 Å². The van der Waals surface area contributed by atoms with Crippen LogP contribution in [0.5, 0.6) is 5.75 Å². The molecule has 0 bridgehead atoms. The molecule has 0 spiro atoms. The molecule has 0 radical (unpaired) electrons. The lowest BCUT2D eigenvalue weighted by Gasteiger charge is -2.22. The van der Waals surface area contributed by atoms with Gasteiger partial charge in [0.25, 0.3) is 0 Å². The van der Waals surface area contributed by atoms with Crippen molar-refractivity contribution in [2.45, 2.75) is 12.8 Å². The topological polar surface area (TPSA) is 12.5 Å². The highest BCUT2D eigenvalue weighted by molar-refractivity contribution is 5.80. The lowest BCUT2D eigenvalue weighted by Crippen LogP contribution is -2.17. The minimum Gasteiger partial charge on any atom is -0.497 e. The number of methoxy groups -OCH3 is 1. The van der Waals surface area contributed by atoms with Gasteiger partial charge >= 0.3 is 0 Å². The summed E-state index contributed by atoms with van der Waals surface area (Å²) in [4.78, 5) is 2.48. The Labute approximate surface area is 126 Å². The molecule has 1 fully saturated rings. The van der Waals surface area contributed by atoms with E-state index >= 15 is 0 Å². The van der Waals surface area contributed by atoms with E-state index < -0.39 is 0 Å². The third-order valence-electron chi connectivity index (χ3n) is 3.94. The van der Waals surface area contributed by atoms with E-state index in [2.05, 4.69) is 53.4 Å². The number of benzene rings is 2. The van der Waals surface area contributed by atoms with Gasteiger partial charge in [0.15, 0.2) is 0 Å². The molecule has 2 heteroatoms. The quantitative estimate of drug-likeness (QED) is 0.774. The predicted molar refractivity (Wildman–Crippen MR) is 88.1 cm³/mol. The van der Waals surface area contributed by atoms with Gasteiger partial charge in [-0.3, -0.25) is 0 Å². The Morgan fingerprint density at radius 3 is 2.24 bits per heavy atom. The molecular weight excluding hydrogens is 258 g/mol. The molecule has 1 aliphatic rings. The Balaban J connectivity index is 1.97. The molecule has 1 aliphatic heterocycles. The van der Waals surface area contributed by atoms with E-state index in [1.807, 2.05) is 12.1 Å². The molecule has 1 heterocycles. The molecule has 108 valence electrons. The molecule has 0 aliphatic carbocycles. The maximum atomic E-state index is 5.26. The molecule has 0 N–H and O–H groups in total. The first-order chi connectivity index (χ1) is 10.4. The fourth-order valence-corrected chi connectivity index (χ4v) is 2.78. The van der Waals surface area contributed by atoms with Gasteiger partial charge in [0, 0.05) is 18.8 Å². The Morgan fingerprint density at radius 2 is 1.62 bits per heavy atom. The van der Waals surface area contributed by atoms with Gasteiger partial charge in [0.2, 0.25) is 0 Å². The summed E-state index contributed by atoms with van der Waals surface area (Å²) >= 11 is 0. The van der Waals surface area contributed by atoms with Crippen LogP contribution in [-0.2, 0) is 0 Å². The van der Waals surface area contributed by atoms with Crippen LogP contribution in [0.15, 0.2) is 54.6 Å². The average Bonchev–Trinajstić information content (AvgIpc) is 3.08. The zero-order chi connectivity index (χ0) is 14.5. The molecule has 2 nitrogen and oxygen atoms in total. The monoisotopic (exact) mass is 279 g/mol. The van der Waals surface area contributed by atoms with Gasteiger partial charge in [-0.25, -0.2) is 0 Å². The fraction of sp³-hybridized carbons (Fsp3) is 0.263. The summed E-state index contributed by atoms with van der Waals surface area (Å²) in [7, 11) is 1.70. The van der Waals surface area contributed by atoms with Crippen molar-refractivity contribution in [2.75, 3.05) is 20.2 Å². The van der Waals surface area contributed by atoms with Gasteiger partial charge in [0.1, 0.15) is 5.75 Å². The van der Waals surface area contributed by atoms with Gasteiger partial charge < -0.3 is 9.64 Å². The molecule has 2 aromatic rings. The summed E-state index contributed by atoms with van der Waals surface area (Å²) in [5.41, 5.74) is 3.80. The van der Waals surface area contributed by atoms with Gasteiger partial charge in [-0.15, -0.1) is 0 Å². The van der Waals surface area contributed by atoms with E-state index in [4.69, 9.17) is 4.74 Å². The van der Waals surface area contributed by atoms with Crippen LogP contribution in [0.4, 0.5) is 0 Å². The van der Waals surface area contributed by atoms with Crippen LogP contribution < -0.4 is 4.74 Å². The highest BCUT2D eigenvalue weighted by Crippen LogP contribution is 2.27. The molecule has 0 atom stereocenters. The van der Waals surface area contributed by atoms with Gasteiger partial charge in [0.05, 0.1) is 7.11 Å². The van der Waals surface area contributed by atoms with Crippen LogP contribution >= 0.6 is 0 Å². The van der Waals surface area contributed by atoms with Crippen LogP contribution in [0.1, 0.15) is 24.0 Å². The SMILES string of the molecule is COc1ccc(/C(=C\c2ccccc2)N2CCCC2)cc1. The molecule has 0 unspecified atom stereocenters. The molecular formula is C19H21NO. The zero-order valence-electron chi connectivity index (χ0n) is 12.5. The molecule has 0 amide bonds. The van der Waals surface area contributed by atoms with Crippen molar-refractivity contribution < 1.29 is 4.74 Å². The van der Waals surface area contributed by atoms with E-state index in [0.717, 1.165) is 18.8 Å². The van der Waals surface area contributed by atoms with Gasteiger partial charge in [-0.1, -0.05) is 30.3 Å². The molecule has 0 aromatic heterocycles. The third-order valence-corrected chi connectivity index (χ3v) is 3.94. The summed E-state index contributed by atoms with van der Waals surface area (Å²) in [5, 5.41) is 0. The number of ether oxygens (including phenoxy) is 1. The van der Waals surface area contributed by atoms with Gasteiger partial charge in [-0.2, -0.15) is 0 Å². The molecule has 0 saturated carbocycles. The molecule has 21 heavy (non-hydrogen) atoms. The van der Waals surface area contributed by atoms with Crippen LogP contribution in [0.2, 0.25) is 0 Å². The highest BCUT2D eigenvalue weighted by atomic mass is 16.5. The van der Waals surface area contributed by atoms with E-state index in [1.54, 1.807) is 7.11 Å². The maximum absolute atomic E-state index is 5.26. The maximum Gasteiger partial charge on any atom is 0.118 e. The molecule has 1 saturated heterocycles. The average molecular weight is 279 g/mol. The second-order valence-corrected chi connectivity index (χ2v) is 5.36. The van der Waals surface area contributed by atoms with Crippen molar-refractivity contribution in [2.24, 2.45) is 0 Å². The van der Waals surface area contributed by atoms with Crippen molar-refractivity contribution in [3.8, 4) is 5.75 Å². The van der Waals surface area contributed by atoms with Crippen LogP contribution in [0.25, 0.3) is 11.8 Å². The zero-order valence-corrected chi connectivity index (χ0v) is 12.5. The predicted octanol–water partition coefficient (Wildman–Crippen LogP) is 4.29. The fourth-order valence-electron chi connectivity index (χ4n) is 2.78. The molecule has 3 rings (SSSR count). The first-order valence-corrected chi connectivity index (χ1v) is 7.53. The van der Waals surface area contributed by atoms with Gasteiger partial charge in [-0.05, 0) is 54.3 Å². The number of hydrogen-bond acceptors (Lipinski definition) is 2. The Bertz CT molecular complexity index is 595. The minimum absolute atomic E-state index is 0.902.